The zero-order valence-corrected chi connectivity index (χ0v) is 15.1. The molecule has 6 heteroatoms. The monoisotopic (exact) mass is 401 g/mol. The molecule has 3 rings (SSSR count). The molecule has 0 bridgehead atoms. The second-order valence-electron chi connectivity index (χ2n) is 5.61. The van der Waals surface area contributed by atoms with Crippen molar-refractivity contribution in [2.45, 2.75) is 20.0 Å². The second-order valence-corrected chi connectivity index (χ2v) is 6.52. The maximum atomic E-state index is 12.9. The number of benzene rings is 2. The van der Waals surface area contributed by atoms with Gasteiger partial charge in [0.25, 0.3) is 0 Å². The molecule has 0 fully saturated rings. The van der Waals surface area contributed by atoms with Crippen LogP contribution >= 0.6 is 15.9 Å². The fraction of sp³-hybridized carbons (Fsp3) is 0.158. The lowest BCUT2D eigenvalue weighted by molar-refractivity contribution is -0.312. The van der Waals surface area contributed by atoms with E-state index in [9.17, 15) is 14.7 Å². The van der Waals surface area contributed by atoms with E-state index in [1.54, 1.807) is 19.1 Å². The van der Waals surface area contributed by atoms with Crippen LogP contribution in [-0.4, -0.2) is 12.1 Å². The predicted molar refractivity (Wildman–Crippen MR) is 95.5 cm³/mol. The van der Waals surface area contributed by atoms with E-state index in [2.05, 4.69) is 15.9 Å². The number of carbonyl (C=O) groups is 1. The Morgan fingerprint density at radius 2 is 1.88 bits per heavy atom. The quantitative estimate of drug-likeness (QED) is 0.670. The SMILES string of the molecule is Cc1oc2cc(O[C@@H](C)C(=O)[O-])ccc2c(=O)c1-c1ccc(Br)cc1. The minimum atomic E-state index is -1.32. The molecule has 0 aliphatic heterocycles. The maximum absolute atomic E-state index is 12.9. The van der Waals surface area contributed by atoms with E-state index in [0.29, 0.717) is 28.0 Å². The van der Waals surface area contributed by atoms with Crippen LogP contribution in [0.2, 0.25) is 0 Å². The van der Waals surface area contributed by atoms with Gasteiger partial charge in [0.05, 0.1) is 16.9 Å². The van der Waals surface area contributed by atoms with Crippen molar-refractivity contribution in [1.29, 1.82) is 0 Å². The molecule has 0 saturated carbocycles. The van der Waals surface area contributed by atoms with E-state index in [0.717, 1.165) is 10.0 Å². The van der Waals surface area contributed by atoms with Gasteiger partial charge in [-0.25, -0.2) is 0 Å². The molecule has 1 heterocycles. The Kier molecular flexibility index (Phi) is 4.63. The van der Waals surface area contributed by atoms with E-state index < -0.39 is 12.1 Å². The number of hydrogen-bond acceptors (Lipinski definition) is 5. The van der Waals surface area contributed by atoms with Gasteiger partial charge in [0.15, 0.2) is 0 Å². The van der Waals surface area contributed by atoms with Gasteiger partial charge in [0.2, 0.25) is 5.43 Å². The van der Waals surface area contributed by atoms with E-state index >= 15 is 0 Å². The summed E-state index contributed by atoms with van der Waals surface area (Å²) in [6.07, 6.45) is -1.10. The highest BCUT2D eigenvalue weighted by Gasteiger charge is 2.15. The fourth-order valence-corrected chi connectivity index (χ4v) is 2.83. The van der Waals surface area contributed by atoms with Gasteiger partial charge < -0.3 is 19.1 Å². The van der Waals surface area contributed by atoms with Crippen molar-refractivity contribution in [3.8, 4) is 16.9 Å². The molecule has 25 heavy (non-hydrogen) atoms. The van der Waals surface area contributed by atoms with E-state index in [1.165, 1.54) is 13.0 Å². The lowest BCUT2D eigenvalue weighted by Gasteiger charge is -2.15. The summed E-state index contributed by atoms with van der Waals surface area (Å²) in [5, 5.41) is 11.2. The van der Waals surface area contributed by atoms with Crippen molar-refractivity contribution in [2.75, 3.05) is 0 Å². The van der Waals surface area contributed by atoms with Crippen LogP contribution in [0.25, 0.3) is 22.1 Å². The minimum absolute atomic E-state index is 0.152. The number of fused-ring (bicyclic) bond motifs is 1. The molecule has 2 aromatic carbocycles. The zero-order chi connectivity index (χ0) is 18.1. The molecule has 1 atom stereocenters. The largest absolute Gasteiger partial charge is 0.546 e. The van der Waals surface area contributed by atoms with E-state index in [-0.39, 0.29) is 5.43 Å². The first-order valence-corrected chi connectivity index (χ1v) is 8.37. The number of rotatable bonds is 4. The summed E-state index contributed by atoms with van der Waals surface area (Å²) in [6.45, 7) is 3.09. The number of aryl methyl sites for hydroxylation is 1. The summed E-state index contributed by atoms with van der Waals surface area (Å²) in [6, 6.07) is 12.0. The van der Waals surface area contributed by atoms with Crippen molar-refractivity contribution in [1.82, 2.24) is 0 Å². The van der Waals surface area contributed by atoms with Gasteiger partial charge in [0, 0.05) is 10.5 Å². The Hall–Kier alpha value is -2.60. The van der Waals surface area contributed by atoms with Crippen molar-refractivity contribution < 1.29 is 19.1 Å². The lowest BCUT2D eigenvalue weighted by atomic mass is 10.0. The molecular formula is C19H14BrO5-. The predicted octanol–water partition coefficient (Wildman–Crippen LogP) is 3.05. The average Bonchev–Trinajstić information content (AvgIpc) is 2.56. The summed E-state index contributed by atoms with van der Waals surface area (Å²) in [4.78, 5) is 23.6. The van der Waals surface area contributed by atoms with Crippen molar-refractivity contribution >= 4 is 32.9 Å². The van der Waals surface area contributed by atoms with Gasteiger partial charge in [-0.3, -0.25) is 4.79 Å². The van der Waals surface area contributed by atoms with Crippen LogP contribution in [0.5, 0.6) is 5.75 Å². The first-order valence-electron chi connectivity index (χ1n) is 7.57. The topological polar surface area (TPSA) is 79.6 Å². The Bertz CT molecular complexity index is 1000. The van der Waals surface area contributed by atoms with Gasteiger partial charge in [0.1, 0.15) is 23.2 Å². The summed E-state index contributed by atoms with van der Waals surface area (Å²) in [5.41, 5.74) is 1.45. The molecule has 0 amide bonds. The number of halogens is 1. The molecule has 0 saturated heterocycles. The molecule has 0 N–H and O–H groups in total. The molecule has 5 nitrogen and oxygen atoms in total. The minimum Gasteiger partial charge on any atom is -0.546 e. The zero-order valence-electron chi connectivity index (χ0n) is 13.5. The van der Waals surface area contributed by atoms with Crippen molar-refractivity contribution in [2.24, 2.45) is 0 Å². The molecule has 0 aliphatic rings. The molecule has 0 radical (unpaired) electrons. The molecule has 3 aromatic rings. The van der Waals surface area contributed by atoms with E-state index in [1.807, 2.05) is 24.3 Å². The highest BCUT2D eigenvalue weighted by atomic mass is 79.9. The highest BCUT2D eigenvalue weighted by Crippen LogP contribution is 2.27. The molecular weight excluding hydrogens is 388 g/mol. The standard InChI is InChI=1S/C19H15BrO5/c1-10-17(12-3-5-13(20)6-4-12)18(21)15-8-7-14(9-16(15)25-10)24-11(2)19(22)23/h3-9,11H,1-2H3,(H,22,23)/p-1/t11-/m0/s1. The first kappa shape index (κ1) is 17.2. The normalized spacial score (nSPS) is 12.1. The van der Waals surface area contributed by atoms with Crippen LogP contribution in [0.3, 0.4) is 0 Å². The van der Waals surface area contributed by atoms with Crippen molar-refractivity contribution in [3.05, 3.63) is 62.9 Å². The summed E-state index contributed by atoms with van der Waals surface area (Å²) in [7, 11) is 0. The molecule has 0 unspecified atom stereocenters. The van der Waals surface area contributed by atoms with Crippen LogP contribution in [0.4, 0.5) is 0 Å². The second kappa shape index (κ2) is 6.72. The van der Waals surface area contributed by atoms with Gasteiger partial charge in [-0.05, 0) is 43.7 Å². The Morgan fingerprint density at radius 3 is 2.52 bits per heavy atom. The Balaban J connectivity index is 2.10. The Morgan fingerprint density at radius 1 is 1.20 bits per heavy atom. The fourth-order valence-electron chi connectivity index (χ4n) is 2.56. The van der Waals surface area contributed by atoms with Crippen LogP contribution in [0.1, 0.15) is 12.7 Å². The van der Waals surface area contributed by atoms with Crippen molar-refractivity contribution in [3.63, 3.8) is 0 Å². The summed E-state index contributed by atoms with van der Waals surface area (Å²) >= 11 is 3.37. The van der Waals surface area contributed by atoms with Crippen LogP contribution in [0, 0.1) is 6.92 Å². The van der Waals surface area contributed by atoms with Gasteiger partial charge >= 0.3 is 0 Å². The van der Waals surface area contributed by atoms with Gasteiger partial charge in [-0.15, -0.1) is 0 Å². The third-order valence-electron chi connectivity index (χ3n) is 3.82. The number of aliphatic carboxylic acids is 1. The maximum Gasteiger partial charge on any atom is 0.200 e. The number of carbonyl (C=O) groups excluding carboxylic acids is 1. The molecule has 0 spiro atoms. The number of carboxylic acid groups (broad SMARTS) is 1. The van der Waals surface area contributed by atoms with E-state index in [4.69, 9.17) is 9.15 Å². The first-order chi connectivity index (χ1) is 11.9. The van der Waals surface area contributed by atoms with Gasteiger partial charge in [-0.2, -0.15) is 0 Å². The number of ether oxygens (including phenoxy) is 1. The molecule has 1 aromatic heterocycles. The Labute approximate surface area is 152 Å². The van der Waals surface area contributed by atoms with Crippen LogP contribution < -0.4 is 15.3 Å². The molecule has 0 aliphatic carbocycles. The molecule has 128 valence electrons. The average molecular weight is 402 g/mol. The third-order valence-corrected chi connectivity index (χ3v) is 4.35. The van der Waals surface area contributed by atoms with Crippen LogP contribution in [-0.2, 0) is 4.79 Å². The third kappa shape index (κ3) is 3.44. The van der Waals surface area contributed by atoms with Crippen LogP contribution in [0.15, 0.2) is 56.1 Å². The smallest absolute Gasteiger partial charge is 0.200 e. The highest BCUT2D eigenvalue weighted by molar-refractivity contribution is 9.10. The number of hydrogen-bond donors (Lipinski definition) is 0. The summed E-state index contributed by atoms with van der Waals surface area (Å²) < 4.78 is 12.0. The number of carboxylic acids is 1. The summed E-state index contributed by atoms with van der Waals surface area (Å²) in [5.74, 6) is -0.545. The lowest BCUT2D eigenvalue weighted by Crippen LogP contribution is -2.37. The van der Waals surface area contributed by atoms with Gasteiger partial charge in [-0.1, -0.05) is 28.1 Å².